The Hall–Kier alpha value is -1.58. The van der Waals surface area contributed by atoms with E-state index in [0.717, 1.165) is 49.4 Å². The number of hydrogen-bond donors (Lipinski definition) is 2. The monoisotopic (exact) mass is 259 g/mol. The predicted molar refractivity (Wildman–Crippen MR) is 76.8 cm³/mol. The van der Waals surface area contributed by atoms with E-state index in [4.69, 9.17) is 9.52 Å². The molecule has 0 spiro atoms. The molecule has 1 aromatic carbocycles. The number of aliphatic hydroxyl groups is 1. The van der Waals surface area contributed by atoms with Gasteiger partial charge >= 0.3 is 0 Å². The molecular weight excluding hydrogens is 238 g/mol. The normalized spacial score (nSPS) is 10.8. The summed E-state index contributed by atoms with van der Waals surface area (Å²) < 4.78 is 5.79. The smallest absolute Gasteiger partial charge is 0.134 e. The Balaban J connectivity index is 1.75. The summed E-state index contributed by atoms with van der Waals surface area (Å²) in [6, 6.07) is 14.1. The van der Waals surface area contributed by atoms with E-state index in [9.17, 15) is 0 Å². The maximum atomic E-state index is 8.68. The molecule has 2 N–H and O–H groups in total. The van der Waals surface area contributed by atoms with Gasteiger partial charge in [-0.05, 0) is 37.9 Å². The topological polar surface area (TPSA) is 45.4 Å². The summed E-state index contributed by atoms with van der Waals surface area (Å²) in [7, 11) is 0. The van der Waals surface area contributed by atoms with Crippen molar-refractivity contribution in [3.63, 3.8) is 0 Å². The standard InChI is InChI=1S/C16H21NO2/c18-12-6-2-5-11-17-13-15-9-10-16(19-15)14-7-3-1-4-8-14/h1,3-4,7-10,17-18H,2,5-6,11-13H2. The minimum Gasteiger partial charge on any atom is -0.460 e. The molecule has 0 radical (unpaired) electrons. The van der Waals surface area contributed by atoms with Gasteiger partial charge in [0, 0.05) is 12.2 Å². The van der Waals surface area contributed by atoms with Gasteiger partial charge in [0.1, 0.15) is 11.5 Å². The molecular formula is C16H21NO2. The molecule has 19 heavy (non-hydrogen) atoms. The van der Waals surface area contributed by atoms with Gasteiger partial charge in [-0.15, -0.1) is 0 Å². The molecule has 0 atom stereocenters. The van der Waals surface area contributed by atoms with E-state index in [2.05, 4.69) is 5.32 Å². The molecule has 0 amide bonds. The second-order valence-corrected chi connectivity index (χ2v) is 4.59. The highest BCUT2D eigenvalue weighted by Crippen LogP contribution is 2.21. The van der Waals surface area contributed by atoms with Crippen LogP contribution < -0.4 is 5.32 Å². The molecule has 0 saturated heterocycles. The first-order valence-corrected chi connectivity index (χ1v) is 6.86. The Morgan fingerprint density at radius 1 is 0.947 bits per heavy atom. The number of furan rings is 1. The molecule has 3 heteroatoms. The van der Waals surface area contributed by atoms with Crippen LogP contribution in [0.2, 0.25) is 0 Å². The van der Waals surface area contributed by atoms with E-state index >= 15 is 0 Å². The summed E-state index contributed by atoms with van der Waals surface area (Å²) in [6.45, 7) is 2.01. The fraction of sp³-hybridized carbons (Fsp3) is 0.375. The van der Waals surface area contributed by atoms with Crippen LogP contribution in [0.5, 0.6) is 0 Å². The van der Waals surface area contributed by atoms with E-state index in [1.54, 1.807) is 0 Å². The molecule has 0 unspecified atom stereocenters. The average molecular weight is 259 g/mol. The number of benzene rings is 1. The third kappa shape index (κ3) is 4.54. The van der Waals surface area contributed by atoms with Crippen LogP contribution in [-0.2, 0) is 6.54 Å². The fourth-order valence-corrected chi connectivity index (χ4v) is 1.98. The van der Waals surface area contributed by atoms with Crippen LogP contribution in [0.3, 0.4) is 0 Å². The second kappa shape index (κ2) is 7.77. The van der Waals surface area contributed by atoms with Crippen molar-refractivity contribution >= 4 is 0 Å². The highest BCUT2D eigenvalue weighted by Gasteiger charge is 2.03. The molecule has 2 aromatic rings. The van der Waals surface area contributed by atoms with Crippen LogP contribution in [0.25, 0.3) is 11.3 Å². The van der Waals surface area contributed by atoms with Gasteiger partial charge in [0.25, 0.3) is 0 Å². The van der Waals surface area contributed by atoms with Crippen molar-refractivity contribution in [1.29, 1.82) is 0 Å². The Morgan fingerprint density at radius 3 is 2.58 bits per heavy atom. The molecule has 102 valence electrons. The Morgan fingerprint density at radius 2 is 1.79 bits per heavy atom. The zero-order valence-electron chi connectivity index (χ0n) is 11.1. The molecule has 1 aromatic heterocycles. The molecule has 0 aliphatic carbocycles. The maximum absolute atomic E-state index is 8.68. The summed E-state index contributed by atoms with van der Waals surface area (Å²) in [5.41, 5.74) is 1.11. The minimum absolute atomic E-state index is 0.290. The van der Waals surface area contributed by atoms with E-state index < -0.39 is 0 Å². The fourth-order valence-electron chi connectivity index (χ4n) is 1.98. The Bertz CT molecular complexity index is 465. The van der Waals surface area contributed by atoms with Crippen LogP contribution in [-0.4, -0.2) is 18.3 Å². The highest BCUT2D eigenvalue weighted by atomic mass is 16.3. The molecule has 3 nitrogen and oxygen atoms in total. The second-order valence-electron chi connectivity index (χ2n) is 4.59. The summed E-state index contributed by atoms with van der Waals surface area (Å²) in [5.74, 6) is 1.87. The van der Waals surface area contributed by atoms with E-state index in [-0.39, 0.29) is 0 Å². The van der Waals surface area contributed by atoms with Crippen molar-refractivity contribution in [2.45, 2.75) is 25.8 Å². The zero-order chi connectivity index (χ0) is 13.3. The van der Waals surface area contributed by atoms with Crippen molar-refractivity contribution in [2.24, 2.45) is 0 Å². The third-order valence-corrected chi connectivity index (χ3v) is 3.03. The number of nitrogens with one attached hydrogen (secondary N) is 1. The predicted octanol–water partition coefficient (Wildman–Crippen LogP) is 3.20. The first-order valence-electron chi connectivity index (χ1n) is 6.86. The Kier molecular flexibility index (Phi) is 5.66. The number of hydrogen-bond acceptors (Lipinski definition) is 3. The summed E-state index contributed by atoms with van der Waals surface area (Å²) in [4.78, 5) is 0. The van der Waals surface area contributed by atoms with Gasteiger partial charge in [-0.2, -0.15) is 0 Å². The lowest BCUT2D eigenvalue weighted by atomic mass is 10.2. The molecule has 0 saturated carbocycles. The molecule has 0 fully saturated rings. The van der Waals surface area contributed by atoms with Gasteiger partial charge in [-0.1, -0.05) is 30.3 Å². The first kappa shape index (κ1) is 13.8. The van der Waals surface area contributed by atoms with Crippen LogP contribution in [0.15, 0.2) is 46.9 Å². The molecule has 0 bridgehead atoms. The quantitative estimate of drug-likeness (QED) is 0.716. The van der Waals surface area contributed by atoms with E-state index in [0.29, 0.717) is 6.61 Å². The van der Waals surface area contributed by atoms with E-state index in [1.165, 1.54) is 0 Å². The SMILES string of the molecule is OCCCCCNCc1ccc(-c2ccccc2)o1. The molecule has 1 heterocycles. The van der Waals surface area contributed by atoms with Gasteiger partial charge in [0.2, 0.25) is 0 Å². The molecule has 0 aliphatic heterocycles. The molecule has 0 aliphatic rings. The van der Waals surface area contributed by atoms with Crippen molar-refractivity contribution < 1.29 is 9.52 Å². The summed E-state index contributed by atoms with van der Waals surface area (Å²) >= 11 is 0. The lowest BCUT2D eigenvalue weighted by Crippen LogP contribution is -2.14. The van der Waals surface area contributed by atoms with Gasteiger partial charge in [-0.25, -0.2) is 0 Å². The first-order chi connectivity index (χ1) is 9.40. The summed E-state index contributed by atoms with van der Waals surface area (Å²) in [5, 5.41) is 12.0. The average Bonchev–Trinajstić information content (AvgIpc) is 2.92. The number of aliphatic hydroxyl groups excluding tert-OH is 1. The number of rotatable bonds is 8. The van der Waals surface area contributed by atoms with Crippen LogP contribution in [0.1, 0.15) is 25.0 Å². The summed E-state index contributed by atoms with van der Waals surface area (Å²) in [6.07, 6.45) is 3.05. The maximum Gasteiger partial charge on any atom is 0.134 e. The van der Waals surface area contributed by atoms with Crippen molar-refractivity contribution in [1.82, 2.24) is 5.32 Å². The van der Waals surface area contributed by atoms with Crippen molar-refractivity contribution in [3.8, 4) is 11.3 Å². The van der Waals surface area contributed by atoms with E-state index in [1.807, 2.05) is 42.5 Å². The van der Waals surface area contributed by atoms with Gasteiger partial charge < -0.3 is 14.8 Å². The van der Waals surface area contributed by atoms with Crippen molar-refractivity contribution in [3.05, 3.63) is 48.2 Å². The van der Waals surface area contributed by atoms with Crippen molar-refractivity contribution in [2.75, 3.05) is 13.2 Å². The third-order valence-electron chi connectivity index (χ3n) is 3.03. The number of unbranched alkanes of at least 4 members (excludes halogenated alkanes) is 2. The highest BCUT2D eigenvalue weighted by molar-refractivity contribution is 5.57. The van der Waals surface area contributed by atoms with Gasteiger partial charge in [0.15, 0.2) is 0 Å². The lowest BCUT2D eigenvalue weighted by Gasteiger charge is -2.02. The Labute approximate surface area is 114 Å². The van der Waals surface area contributed by atoms with Crippen LogP contribution in [0.4, 0.5) is 0 Å². The minimum atomic E-state index is 0.290. The molecule has 2 rings (SSSR count). The van der Waals surface area contributed by atoms with Crippen LogP contribution in [0, 0.1) is 0 Å². The van der Waals surface area contributed by atoms with Gasteiger partial charge in [-0.3, -0.25) is 0 Å². The lowest BCUT2D eigenvalue weighted by molar-refractivity contribution is 0.282. The van der Waals surface area contributed by atoms with Gasteiger partial charge in [0.05, 0.1) is 6.54 Å². The van der Waals surface area contributed by atoms with Crippen LogP contribution >= 0.6 is 0 Å². The zero-order valence-corrected chi connectivity index (χ0v) is 11.1. The largest absolute Gasteiger partial charge is 0.460 e.